The standard InChI is InChI=1S/C9H9I2NO3.2H2O/c10-5-1-4(2-6(11)8(5)13)3-7(12)9(14)15;;/h1-2,7,13H,3,12H2,(H,14,15);2*1H2/t7-;;/m0../s1. The highest BCUT2D eigenvalue weighted by molar-refractivity contribution is 14.1. The second-order valence-electron chi connectivity index (χ2n) is 3.06. The molecule has 1 atom stereocenters. The maximum Gasteiger partial charge on any atom is 0.320 e. The monoisotopic (exact) mass is 469 g/mol. The summed E-state index contributed by atoms with van der Waals surface area (Å²) in [4.78, 5) is 10.6. The average molecular weight is 469 g/mol. The van der Waals surface area contributed by atoms with E-state index in [0.29, 0.717) is 7.14 Å². The quantitative estimate of drug-likeness (QED) is 0.531. The molecule has 0 fully saturated rings. The molecule has 0 saturated carbocycles. The highest BCUT2D eigenvalue weighted by Gasteiger charge is 2.14. The summed E-state index contributed by atoms with van der Waals surface area (Å²) in [5, 5.41) is 18.2. The number of aliphatic carboxylic acids is 1. The molecule has 8 N–H and O–H groups in total. The van der Waals surface area contributed by atoms with Gasteiger partial charge in [0.05, 0.1) is 7.14 Å². The Labute approximate surface area is 125 Å². The van der Waals surface area contributed by atoms with E-state index in [1.54, 1.807) is 12.1 Å². The van der Waals surface area contributed by atoms with E-state index in [9.17, 15) is 9.90 Å². The first-order chi connectivity index (χ1) is 6.91. The minimum Gasteiger partial charge on any atom is -0.506 e. The number of carboxylic acid groups (broad SMARTS) is 1. The number of aromatic hydroxyl groups is 1. The molecule has 1 rings (SSSR count). The van der Waals surface area contributed by atoms with Gasteiger partial charge in [-0.25, -0.2) is 0 Å². The van der Waals surface area contributed by atoms with Crippen molar-refractivity contribution in [2.75, 3.05) is 0 Å². The zero-order valence-corrected chi connectivity index (χ0v) is 12.9. The van der Waals surface area contributed by atoms with Crippen LogP contribution in [0.1, 0.15) is 5.56 Å². The topological polar surface area (TPSA) is 147 Å². The van der Waals surface area contributed by atoms with E-state index in [1.165, 1.54) is 0 Å². The van der Waals surface area contributed by atoms with Gasteiger partial charge in [-0.05, 0) is 69.3 Å². The number of phenols is 1. The van der Waals surface area contributed by atoms with Crippen LogP contribution in [0, 0.1) is 7.14 Å². The average Bonchev–Trinajstić information content (AvgIpc) is 2.13. The van der Waals surface area contributed by atoms with Crippen molar-refractivity contribution in [3.8, 4) is 5.75 Å². The van der Waals surface area contributed by atoms with Crippen molar-refractivity contribution in [2.45, 2.75) is 12.5 Å². The molecule has 0 aliphatic rings. The molecular formula is C9H13I2NO5. The Balaban J connectivity index is 0. The molecule has 1 aromatic rings. The first-order valence-electron chi connectivity index (χ1n) is 4.07. The highest BCUT2D eigenvalue weighted by Crippen LogP contribution is 2.27. The molecule has 17 heavy (non-hydrogen) atoms. The number of rotatable bonds is 3. The third-order valence-electron chi connectivity index (χ3n) is 1.85. The second-order valence-corrected chi connectivity index (χ2v) is 5.38. The normalized spacial score (nSPS) is 11.0. The number of nitrogens with two attached hydrogens (primary N) is 1. The van der Waals surface area contributed by atoms with Gasteiger partial charge in [0.2, 0.25) is 0 Å². The number of halogens is 2. The van der Waals surface area contributed by atoms with Crippen LogP contribution in [0.3, 0.4) is 0 Å². The van der Waals surface area contributed by atoms with Crippen LogP contribution in [0.4, 0.5) is 0 Å². The van der Waals surface area contributed by atoms with Gasteiger partial charge >= 0.3 is 5.97 Å². The van der Waals surface area contributed by atoms with E-state index in [-0.39, 0.29) is 23.1 Å². The molecular weight excluding hydrogens is 456 g/mol. The van der Waals surface area contributed by atoms with Crippen LogP contribution >= 0.6 is 45.2 Å². The van der Waals surface area contributed by atoms with E-state index in [0.717, 1.165) is 5.56 Å². The molecule has 0 aromatic heterocycles. The summed E-state index contributed by atoms with van der Waals surface area (Å²) in [6.07, 6.45) is 0.265. The molecule has 0 saturated heterocycles. The van der Waals surface area contributed by atoms with Gasteiger partial charge in [-0.2, -0.15) is 0 Å². The molecule has 0 heterocycles. The van der Waals surface area contributed by atoms with Crippen molar-refractivity contribution >= 4 is 51.2 Å². The Hall–Kier alpha value is -0.170. The Morgan fingerprint density at radius 2 is 1.71 bits per heavy atom. The fourth-order valence-corrected chi connectivity index (χ4v) is 2.97. The van der Waals surface area contributed by atoms with Gasteiger partial charge in [-0.3, -0.25) is 4.79 Å². The molecule has 0 spiro atoms. The van der Waals surface area contributed by atoms with Crippen molar-refractivity contribution in [2.24, 2.45) is 5.73 Å². The lowest BCUT2D eigenvalue weighted by Gasteiger charge is -2.08. The molecule has 0 aliphatic carbocycles. The number of hydrogen-bond acceptors (Lipinski definition) is 3. The highest BCUT2D eigenvalue weighted by atomic mass is 127. The lowest BCUT2D eigenvalue weighted by atomic mass is 10.1. The third-order valence-corrected chi connectivity index (χ3v) is 3.49. The predicted molar refractivity (Wildman–Crippen MR) is 80.1 cm³/mol. The molecule has 98 valence electrons. The van der Waals surface area contributed by atoms with E-state index in [1.807, 2.05) is 45.2 Å². The summed E-state index contributed by atoms with van der Waals surface area (Å²) < 4.78 is 1.40. The first-order valence-corrected chi connectivity index (χ1v) is 6.23. The Kier molecular flexibility index (Phi) is 9.05. The Bertz CT molecular complexity index is 376. The van der Waals surface area contributed by atoms with Gasteiger partial charge in [-0.15, -0.1) is 0 Å². The summed E-state index contributed by atoms with van der Waals surface area (Å²) in [5.74, 6) is -0.795. The van der Waals surface area contributed by atoms with Crippen LogP contribution in [0.5, 0.6) is 5.75 Å². The molecule has 1 aromatic carbocycles. The predicted octanol–water partition coefficient (Wildman–Crippen LogP) is -0.0936. The summed E-state index contributed by atoms with van der Waals surface area (Å²) >= 11 is 3.99. The summed E-state index contributed by atoms with van der Waals surface area (Å²) in [6, 6.07) is 2.57. The van der Waals surface area contributed by atoms with Gasteiger partial charge in [0, 0.05) is 0 Å². The van der Waals surface area contributed by atoms with E-state index in [2.05, 4.69) is 0 Å². The maximum atomic E-state index is 10.6. The van der Waals surface area contributed by atoms with Gasteiger partial charge < -0.3 is 26.9 Å². The summed E-state index contributed by atoms with van der Waals surface area (Å²) in [7, 11) is 0. The third kappa shape index (κ3) is 5.33. The van der Waals surface area contributed by atoms with Crippen LogP contribution in [0.25, 0.3) is 0 Å². The zero-order valence-electron chi connectivity index (χ0n) is 8.58. The van der Waals surface area contributed by atoms with Crippen molar-refractivity contribution in [1.82, 2.24) is 0 Å². The summed E-state index contributed by atoms with van der Waals surface area (Å²) in [5.41, 5.74) is 6.24. The smallest absolute Gasteiger partial charge is 0.320 e. The number of hydrogen-bond donors (Lipinski definition) is 3. The van der Waals surface area contributed by atoms with Crippen LogP contribution in [-0.4, -0.2) is 33.2 Å². The minimum absolute atomic E-state index is 0. The van der Waals surface area contributed by atoms with Crippen LogP contribution in [-0.2, 0) is 11.2 Å². The Morgan fingerprint density at radius 3 is 2.06 bits per heavy atom. The molecule has 8 heteroatoms. The fraction of sp³-hybridized carbons (Fsp3) is 0.222. The van der Waals surface area contributed by atoms with Crippen LogP contribution in [0.15, 0.2) is 12.1 Å². The second kappa shape index (κ2) is 8.02. The summed E-state index contributed by atoms with van der Waals surface area (Å²) in [6.45, 7) is 0. The first kappa shape index (κ1) is 19.2. The molecule has 6 nitrogen and oxygen atoms in total. The van der Waals surface area contributed by atoms with Crippen LogP contribution in [0.2, 0.25) is 0 Å². The van der Waals surface area contributed by atoms with Gasteiger partial charge in [0.15, 0.2) is 0 Å². The van der Waals surface area contributed by atoms with E-state index in [4.69, 9.17) is 10.8 Å². The number of phenolic OH excluding ortho intramolecular Hbond substituents is 1. The molecule has 0 bridgehead atoms. The van der Waals surface area contributed by atoms with Crippen molar-refractivity contribution in [3.05, 3.63) is 24.8 Å². The van der Waals surface area contributed by atoms with Gasteiger partial charge in [0.25, 0.3) is 0 Å². The fourth-order valence-electron chi connectivity index (χ4n) is 1.08. The minimum atomic E-state index is -1.02. The lowest BCUT2D eigenvalue weighted by molar-refractivity contribution is -0.138. The number of benzene rings is 1. The Morgan fingerprint density at radius 1 is 1.29 bits per heavy atom. The molecule has 0 amide bonds. The van der Waals surface area contributed by atoms with Crippen molar-refractivity contribution in [3.63, 3.8) is 0 Å². The van der Waals surface area contributed by atoms with Crippen LogP contribution < -0.4 is 5.73 Å². The number of carbonyl (C=O) groups is 1. The van der Waals surface area contributed by atoms with E-state index < -0.39 is 12.0 Å². The molecule has 0 unspecified atom stereocenters. The molecule has 0 radical (unpaired) electrons. The lowest BCUT2D eigenvalue weighted by Crippen LogP contribution is -2.32. The number of carboxylic acids is 1. The zero-order chi connectivity index (χ0) is 11.6. The maximum absolute atomic E-state index is 10.6. The SMILES string of the molecule is N[C@@H](Cc1cc(I)c(O)c(I)c1)C(=O)O.O.O. The van der Waals surface area contributed by atoms with E-state index >= 15 is 0 Å². The van der Waals surface area contributed by atoms with Gasteiger partial charge in [-0.1, -0.05) is 0 Å². The van der Waals surface area contributed by atoms with Gasteiger partial charge in [0.1, 0.15) is 11.8 Å². The van der Waals surface area contributed by atoms with Crippen molar-refractivity contribution < 1.29 is 26.0 Å². The van der Waals surface area contributed by atoms with Crippen molar-refractivity contribution in [1.29, 1.82) is 0 Å². The molecule has 0 aliphatic heterocycles. The largest absolute Gasteiger partial charge is 0.506 e.